The lowest BCUT2D eigenvalue weighted by Gasteiger charge is -2.31. The van der Waals surface area contributed by atoms with E-state index in [0.29, 0.717) is 28.9 Å². The van der Waals surface area contributed by atoms with Gasteiger partial charge in [-0.2, -0.15) is 10.1 Å². The number of nitrogens with one attached hydrogen (secondary N) is 2. The summed E-state index contributed by atoms with van der Waals surface area (Å²) in [6.45, 7) is 12.6. The van der Waals surface area contributed by atoms with Crippen LogP contribution in [0.15, 0.2) is 49.3 Å². The van der Waals surface area contributed by atoms with Gasteiger partial charge in [-0.05, 0) is 37.6 Å². The molecule has 0 aliphatic carbocycles. The number of anilines is 3. The van der Waals surface area contributed by atoms with Crippen molar-refractivity contribution < 1.29 is 14.3 Å². The molecule has 0 spiro atoms. The Bertz CT molecular complexity index is 1310. The van der Waals surface area contributed by atoms with Gasteiger partial charge in [0.1, 0.15) is 11.4 Å². The lowest BCUT2D eigenvalue weighted by Crippen LogP contribution is -2.34. The topological polar surface area (TPSA) is 140 Å². The summed E-state index contributed by atoms with van der Waals surface area (Å²) in [5, 5.41) is 10.4. The van der Waals surface area contributed by atoms with E-state index >= 15 is 0 Å². The van der Waals surface area contributed by atoms with Gasteiger partial charge >= 0.3 is 0 Å². The number of aromatic nitrogens is 4. The van der Waals surface area contributed by atoms with E-state index in [1.54, 1.807) is 30.5 Å². The van der Waals surface area contributed by atoms with Gasteiger partial charge in [0.25, 0.3) is 5.91 Å². The van der Waals surface area contributed by atoms with Crippen LogP contribution in [-0.4, -0.2) is 56.1 Å². The molecule has 3 heterocycles. The van der Waals surface area contributed by atoms with Crippen molar-refractivity contribution in [2.24, 2.45) is 5.73 Å². The third kappa shape index (κ3) is 6.35. The number of amides is 2. The van der Waals surface area contributed by atoms with Gasteiger partial charge in [-0.1, -0.05) is 33.4 Å². The number of nitrogens with zero attached hydrogens (tertiary/aromatic N) is 5. The molecule has 4 N–H and O–H groups in total. The summed E-state index contributed by atoms with van der Waals surface area (Å²) in [7, 11) is 0. The minimum atomic E-state index is -0.707. The van der Waals surface area contributed by atoms with E-state index in [4.69, 9.17) is 10.5 Å². The Hall–Kier alpha value is -4.25. The molecule has 1 fully saturated rings. The van der Waals surface area contributed by atoms with Crippen LogP contribution in [0, 0.1) is 0 Å². The van der Waals surface area contributed by atoms with Gasteiger partial charge in [-0.25, -0.2) is 4.98 Å². The second kappa shape index (κ2) is 11.9. The van der Waals surface area contributed by atoms with Gasteiger partial charge in [-0.15, -0.1) is 0 Å². The Morgan fingerprint density at radius 1 is 1.24 bits per heavy atom. The molecule has 0 saturated carbocycles. The molecule has 38 heavy (non-hydrogen) atoms. The second-order valence-corrected chi connectivity index (χ2v) is 9.45. The molecule has 2 aromatic heterocycles. The van der Waals surface area contributed by atoms with E-state index in [2.05, 4.69) is 44.1 Å². The molecule has 11 heteroatoms. The zero-order chi connectivity index (χ0) is 27.2. The van der Waals surface area contributed by atoms with Gasteiger partial charge in [-0.3, -0.25) is 14.3 Å². The molecule has 4 rings (SSSR count). The summed E-state index contributed by atoms with van der Waals surface area (Å²) >= 11 is 0. The van der Waals surface area contributed by atoms with E-state index < -0.39 is 5.91 Å². The quantitative estimate of drug-likeness (QED) is 0.339. The summed E-state index contributed by atoms with van der Waals surface area (Å²) in [4.78, 5) is 35.6. The van der Waals surface area contributed by atoms with Crippen LogP contribution in [-0.2, 0) is 4.79 Å². The number of nitrogens with two attached hydrogens (primary N) is 1. The predicted octanol–water partition coefficient (Wildman–Crippen LogP) is 4.21. The monoisotopic (exact) mass is 518 g/mol. The van der Waals surface area contributed by atoms with E-state index in [0.717, 1.165) is 32.5 Å². The van der Waals surface area contributed by atoms with Crippen LogP contribution in [0.25, 0.3) is 0 Å². The maximum absolute atomic E-state index is 12.3. The van der Waals surface area contributed by atoms with Crippen LogP contribution in [0.1, 0.15) is 61.8 Å². The largest absolute Gasteiger partial charge is 0.437 e. The van der Waals surface area contributed by atoms with E-state index in [1.807, 2.05) is 24.7 Å². The average Bonchev–Trinajstić information content (AvgIpc) is 3.37. The SMILES string of the molecule is C=CC(=O)Nc1cccc(Oc2nc(Nc3cnn(C4CCN(CC)CC4)c3)c(C(N)=O)nc2C(C)C)c1. The Labute approximate surface area is 222 Å². The number of piperidine rings is 1. The molecule has 1 saturated heterocycles. The van der Waals surface area contributed by atoms with Gasteiger partial charge in [0.2, 0.25) is 11.8 Å². The molecule has 11 nitrogen and oxygen atoms in total. The fraction of sp³-hybridized carbons (Fsp3) is 0.370. The van der Waals surface area contributed by atoms with Crippen LogP contribution < -0.4 is 21.1 Å². The Kier molecular flexibility index (Phi) is 8.37. The highest BCUT2D eigenvalue weighted by atomic mass is 16.5. The maximum atomic E-state index is 12.3. The van der Waals surface area contributed by atoms with Crippen LogP contribution in [0.5, 0.6) is 11.6 Å². The number of primary amides is 1. The number of hydrogen-bond donors (Lipinski definition) is 3. The molecule has 1 aromatic carbocycles. The minimum Gasteiger partial charge on any atom is -0.437 e. The molecule has 0 atom stereocenters. The zero-order valence-corrected chi connectivity index (χ0v) is 22.0. The van der Waals surface area contributed by atoms with Gasteiger partial charge in [0.05, 0.1) is 17.9 Å². The Morgan fingerprint density at radius 2 is 2.00 bits per heavy atom. The molecule has 3 aromatic rings. The molecular weight excluding hydrogens is 484 g/mol. The normalized spacial score (nSPS) is 14.3. The number of likely N-dealkylation sites (tertiary alicyclic amines) is 1. The first kappa shape index (κ1) is 26.8. The van der Waals surface area contributed by atoms with E-state index in [1.165, 1.54) is 6.08 Å². The summed E-state index contributed by atoms with van der Waals surface area (Å²) in [6, 6.07) is 7.18. The summed E-state index contributed by atoms with van der Waals surface area (Å²) in [5.74, 6) is -0.315. The Morgan fingerprint density at radius 3 is 2.66 bits per heavy atom. The molecule has 1 aliphatic heterocycles. The van der Waals surface area contributed by atoms with Crippen LogP contribution in [0.3, 0.4) is 0 Å². The number of benzene rings is 1. The second-order valence-electron chi connectivity index (χ2n) is 9.45. The van der Waals surface area contributed by atoms with E-state index in [9.17, 15) is 9.59 Å². The van der Waals surface area contributed by atoms with Crippen molar-refractivity contribution in [2.75, 3.05) is 30.3 Å². The van der Waals surface area contributed by atoms with Gasteiger partial charge in [0, 0.05) is 37.0 Å². The summed E-state index contributed by atoms with van der Waals surface area (Å²) < 4.78 is 8.05. The van der Waals surface area contributed by atoms with Crippen molar-refractivity contribution in [3.8, 4) is 11.6 Å². The molecule has 0 unspecified atom stereocenters. The van der Waals surface area contributed by atoms with Crippen molar-refractivity contribution >= 4 is 29.0 Å². The van der Waals surface area contributed by atoms with Crippen molar-refractivity contribution in [2.45, 2.75) is 45.6 Å². The highest BCUT2D eigenvalue weighted by Gasteiger charge is 2.23. The van der Waals surface area contributed by atoms with Crippen molar-refractivity contribution in [3.05, 3.63) is 60.7 Å². The zero-order valence-electron chi connectivity index (χ0n) is 22.0. The van der Waals surface area contributed by atoms with Crippen LogP contribution >= 0.6 is 0 Å². The minimum absolute atomic E-state index is 0.0112. The van der Waals surface area contributed by atoms with Gasteiger partial charge in [0.15, 0.2) is 11.5 Å². The summed E-state index contributed by atoms with van der Waals surface area (Å²) in [6.07, 6.45) is 6.83. The first-order valence-electron chi connectivity index (χ1n) is 12.7. The number of ether oxygens (including phenoxy) is 1. The standard InChI is InChI=1S/C27H34N8O3/c1-5-22(36)30-18-8-7-9-21(14-18)38-27-23(17(3)4)32-24(25(28)37)26(33-27)31-19-15-29-35(16-19)20-10-12-34(6-2)13-11-20/h5,7-9,14-17,20H,1,6,10-13H2,2-4H3,(H2,28,37)(H,30,36)(H,31,33). The van der Waals surface area contributed by atoms with E-state index in [-0.39, 0.29) is 29.2 Å². The fourth-order valence-electron chi connectivity index (χ4n) is 4.32. The maximum Gasteiger partial charge on any atom is 0.271 e. The first-order chi connectivity index (χ1) is 18.3. The van der Waals surface area contributed by atoms with Crippen molar-refractivity contribution in [3.63, 3.8) is 0 Å². The molecule has 1 aliphatic rings. The van der Waals surface area contributed by atoms with Crippen molar-refractivity contribution in [1.82, 2.24) is 24.6 Å². The molecule has 0 bridgehead atoms. The Balaban J connectivity index is 1.61. The highest BCUT2D eigenvalue weighted by molar-refractivity contribution is 5.99. The summed E-state index contributed by atoms with van der Waals surface area (Å²) in [5.41, 5.74) is 7.36. The number of carbonyl (C=O) groups is 2. The lowest BCUT2D eigenvalue weighted by atomic mass is 10.1. The third-order valence-electron chi connectivity index (χ3n) is 6.41. The molecule has 0 radical (unpaired) electrons. The lowest BCUT2D eigenvalue weighted by molar-refractivity contribution is -0.111. The predicted molar refractivity (Wildman–Crippen MR) is 146 cm³/mol. The number of rotatable bonds is 10. The van der Waals surface area contributed by atoms with Gasteiger partial charge < -0.3 is 26.0 Å². The molecule has 200 valence electrons. The molecule has 2 amide bonds. The smallest absolute Gasteiger partial charge is 0.271 e. The third-order valence-corrected chi connectivity index (χ3v) is 6.41. The molecular formula is C27H34N8O3. The van der Waals surface area contributed by atoms with Crippen molar-refractivity contribution in [1.29, 1.82) is 0 Å². The highest BCUT2D eigenvalue weighted by Crippen LogP contribution is 2.32. The number of hydrogen-bond acceptors (Lipinski definition) is 8. The van der Waals surface area contributed by atoms with Crippen LogP contribution in [0.2, 0.25) is 0 Å². The average molecular weight is 519 g/mol. The number of carbonyl (C=O) groups excluding carboxylic acids is 2. The van der Waals surface area contributed by atoms with Crippen LogP contribution in [0.4, 0.5) is 17.2 Å². The fourth-order valence-corrected chi connectivity index (χ4v) is 4.32. The first-order valence-corrected chi connectivity index (χ1v) is 12.7.